The fourth-order valence-corrected chi connectivity index (χ4v) is 0.628. The van der Waals surface area contributed by atoms with Gasteiger partial charge in [0, 0.05) is 0 Å². The third-order valence-electron chi connectivity index (χ3n) is 1.44. The van der Waals surface area contributed by atoms with Crippen LogP contribution in [-0.2, 0) is 0 Å². The molecule has 1 atom stereocenters. The molecule has 0 radical (unpaired) electrons. The fourth-order valence-electron chi connectivity index (χ4n) is 0.628. The Balaban J connectivity index is 2.69. The summed E-state index contributed by atoms with van der Waals surface area (Å²) in [6, 6.07) is 0. The highest BCUT2D eigenvalue weighted by atomic mass is 19.4. The van der Waals surface area contributed by atoms with Gasteiger partial charge in [-0.3, -0.25) is 0 Å². The molecule has 5 nitrogen and oxygen atoms in total. The van der Waals surface area contributed by atoms with Gasteiger partial charge in [0.05, 0.1) is 0 Å². The molecule has 8 heteroatoms. The zero-order valence-corrected chi connectivity index (χ0v) is 7.41. The summed E-state index contributed by atoms with van der Waals surface area (Å²) in [5.74, 6) is -1.41. The Bertz CT molecular complexity index is 359. The predicted octanol–water partition coefficient (Wildman–Crippen LogP) is 1.70. The van der Waals surface area contributed by atoms with Crippen molar-refractivity contribution in [2.45, 2.75) is 19.2 Å². The van der Waals surface area contributed by atoms with Gasteiger partial charge in [-0.1, -0.05) is 0 Å². The highest BCUT2D eigenvalue weighted by Gasteiger charge is 2.39. The van der Waals surface area contributed by atoms with Crippen molar-refractivity contribution >= 4 is 5.97 Å². The Morgan fingerprint density at radius 2 is 2.27 bits per heavy atom. The van der Waals surface area contributed by atoms with Crippen molar-refractivity contribution in [1.82, 2.24) is 4.98 Å². The predicted molar refractivity (Wildman–Crippen MR) is 39.6 cm³/mol. The summed E-state index contributed by atoms with van der Waals surface area (Å²) in [5.41, 5.74) is -0.514. The van der Waals surface area contributed by atoms with Crippen LogP contribution in [0.4, 0.5) is 13.2 Å². The van der Waals surface area contributed by atoms with Crippen LogP contribution in [0.3, 0.4) is 0 Å². The highest BCUT2D eigenvalue weighted by molar-refractivity contribution is 5.84. The molecule has 1 N–H and O–H groups in total. The third-order valence-corrected chi connectivity index (χ3v) is 1.44. The van der Waals surface area contributed by atoms with Crippen LogP contribution in [0, 0.1) is 0 Å². The van der Waals surface area contributed by atoms with E-state index in [0.717, 1.165) is 6.92 Å². The van der Waals surface area contributed by atoms with Crippen molar-refractivity contribution in [3.63, 3.8) is 0 Å². The molecule has 1 aromatic rings. The van der Waals surface area contributed by atoms with E-state index in [0.29, 0.717) is 6.26 Å². The molecule has 0 saturated heterocycles. The van der Waals surface area contributed by atoms with Crippen LogP contribution in [-0.4, -0.2) is 28.3 Å². The molecule has 1 aromatic heterocycles. The number of carboxylic acid groups (broad SMARTS) is 1. The Labute approximate surface area is 81.5 Å². The Morgan fingerprint density at radius 1 is 1.67 bits per heavy atom. The van der Waals surface area contributed by atoms with Gasteiger partial charge in [-0.25, -0.2) is 4.79 Å². The topological polar surface area (TPSA) is 72.6 Å². The SMILES string of the molecule is CC(Oc1nc(C(=O)O)co1)C(F)(F)F. The minimum atomic E-state index is -4.56. The van der Waals surface area contributed by atoms with Crippen molar-refractivity contribution in [3.05, 3.63) is 12.0 Å². The third kappa shape index (κ3) is 2.86. The molecule has 1 heterocycles. The number of nitrogens with zero attached hydrogens (tertiary/aromatic N) is 1. The van der Waals surface area contributed by atoms with Crippen molar-refractivity contribution in [1.29, 1.82) is 0 Å². The van der Waals surface area contributed by atoms with Crippen molar-refractivity contribution < 1.29 is 32.2 Å². The molecule has 15 heavy (non-hydrogen) atoms. The van der Waals surface area contributed by atoms with E-state index in [1.165, 1.54) is 0 Å². The number of halogens is 3. The second kappa shape index (κ2) is 3.79. The van der Waals surface area contributed by atoms with Crippen LogP contribution in [0.5, 0.6) is 6.08 Å². The zero-order chi connectivity index (χ0) is 11.6. The van der Waals surface area contributed by atoms with Crippen LogP contribution < -0.4 is 4.74 Å². The number of aromatic nitrogens is 1. The van der Waals surface area contributed by atoms with Gasteiger partial charge in [0.25, 0.3) is 0 Å². The molecule has 0 amide bonds. The summed E-state index contributed by atoms with van der Waals surface area (Å²) in [6.45, 7) is 0.755. The average molecular weight is 225 g/mol. The van der Waals surface area contributed by atoms with Crippen molar-refractivity contribution in [2.75, 3.05) is 0 Å². The van der Waals surface area contributed by atoms with Gasteiger partial charge in [0.2, 0.25) is 0 Å². The molecule has 1 rings (SSSR count). The van der Waals surface area contributed by atoms with Gasteiger partial charge in [0.15, 0.2) is 11.8 Å². The summed E-state index contributed by atoms with van der Waals surface area (Å²) in [4.78, 5) is 13.5. The van der Waals surface area contributed by atoms with E-state index in [9.17, 15) is 18.0 Å². The van der Waals surface area contributed by atoms with Gasteiger partial charge >= 0.3 is 18.2 Å². The van der Waals surface area contributed by atoms with Crippen LogP contribution in [0.15, 0.2) is 10.7 Å². The maximum absolute atomic E-state index is 12.0. The van der Waals surface area contributed by atoms with E-state index in [1.54, 1.807) is 0 Å². The molecule has 0 saturated carbocycles. The van der Waals surface area contributed by atoms with Gasteiger partial charge in [-0.2, -0.15) is 18.2 Å². The molecule has 0 fully saturated rings. The Morgan fingerprint density at radius 3 is 2.67 bits per heavy atom. The van der Waals surface area contributed by atoms with E-state index in [4.69, 9.17) is 5.11 Å². The van der Waals surface area contributed by atoms with E-state index >= 15 is 0 Å². The Kier molecular flexibility index (Phi) is 2.87. The van der Waals surface area contributed by atoms with Gasteiger partial charge in [-0.15, -0.1) is 0 Å². The fraction of sp³-hybridized carbons (Fsp3) is 0.429. The van der Waals surface area contributed by atoms with Crippen molar-refractivity contribution in [2.24, 2.45) is 0 Å². The number of carboxylic acids is 1. The first-order valence-electron chi connectivity index (χ1n) is 3.73. The van der Waals surface area contributed by atoms with Gasteiger partial charge in [-0.05, 0) is 6.92 Å². The standard InChI is InChI=1S/C7H6F3NO4/c1-3(7(8,9)10)15-6-11-4(2-14-6)5(12)13/h2-3H,1H3,(H,12,13). The average Bonchev–Trinajstić information content (AvgIpc) is 2.50. The monoisotopic (exact) mass is 225 g/mol. The summed E-state index contributed by atoms with van der Waals surface area (Å²) >= 11 is 0. The molecular weight excluding hydrogens is 219 g/mol. The summed E-state index contributed by atoms with van der Waals surface area (Å²) in [7, 11) is 0. The van der Waals surface area contributed by atoms with Crippen LogP contribution in [0.1, 0.15) is 17.4 Å². The summed E-state index contributed by atoms with van der Waals surface area (Å²) < 4.78 is 44.6. The van der Waals surface area contributed by atoms with Gasteiger partial charge < -0.3 is 14.3 Å². The van der Waals surface area contributed by atoms with Crippen LogP contribution >= 0.6 is 0 Å². The maximum Gasteiger partial charge on any atom is 0.425 e. The number of carbonyl (C=O) groups is 1. The molecule has 0 aromatic carbocycles. The number of alkyl halides is 3. The number of oxazole rings is 1. The van der Waals surface area contributed by atoms with E-state index in [2.05, 4.69) is 14.1 Å². The molecule has 0 aliphatic rings. The first-order chi connectivity index (χ1) is 6.80. The first kappa shape index (κ1) is 11.3. The number of hydrogen-bond donors (Lipinski definition) is 1. The summed E-state index contributed by atoms with van der Waals surface area (Å²) in [6.07, 6.45) is -6.70. The van der Waals surface area contributed by atoms with E-state index in [1.807, 2.05) is 0 Å². The van der Waals surface area contributed by atoms with E-state index < -0.39 is 30.0 Å². The highest BCUT2D eigenvalue weighted by Crippen LogP contribution is 2.24. The lowest BCUT2D eigenvalue weighted by molar-refractivity contribution is -0.193. The lowest BCUT2D eigenvalue weighted by Crippen LogP contribution is -2.31. The van der Waals surface area contributed by atoms with Crippen LogP contribution in [0.25, 0.3) is 0 Å². The second-order valence-corrected chi connectivity index (χ2v) is 2.61. The minimum absolute atomic E-state index is 0.514. The minimum Gasteiger partial charge on any atom is -0.476 e. The lowest BCUT2D eigenvalue weighted by Gasteiger charge is -2.14. The second-order valence-electron chi connectivity index (χ2n) is 2.61. The molecule has 0 aliphatic heterocycles. The van der Waals surface area contributed by atoms with Crippen LogP contribution in [0.2, 0.25) is 0 Å². The van der Waals surface area contributed by atoms with Crippen molar-refractivity contribution in [3.8, 4) is 6.08 Å². The molecule has 0 bridgehead atoms. The molecule has 1 unspecified atom stereocenters. The van der Waals surface area contributed by atoms with Gasteiger partial charge in [0.1, 0.15) is 6.26 Å². The number of rotatable bonds is 3. The normalized spacial score (nSPS) is 13.6. The quantitative estimate of drug-likeness (QED) is 0.847. The smallest absolute Gasteiger partial charge is 0.425 e. The number of aromatic carboxylic acids is 1. The molecule has 0 aliphatic carbocycles. The summed E-state index contributed by atoms with van der Waals surface area (Å²) in [5, 5.41) is 8.39. The first-order valence-corrected chi connectivity index (χ1v) is 3.73. The zero-order valence-electron chi connectivity index (χ0n) is 7.41. The lowest BCUT2D eigenvalue weighted by atomic mass is 10.4. The van der Waals surface area contributed by atoms with E-state index in [-0.39, 0.29) is 0 Å². The number of ether oxygens (including phenoxy) is 1. The Hall–Kier alpha value is -1.73. The maximum atomic E-state index is 12.0. The largest absolute Gasteiger partial charge is 0.476 e. The molecule has 0 spiro atoms. The molecular formula is C7H6F3NO4. The number of hydrogen-bond acceptors (Lipinski definition) is 4. The molecule has 84 valence electrons.